The number of primary sulfonamides is 1. The van der Waals surface area contributed by atoms with Gasteiger partial charge in [-0.3, -0.25) is 5.14 Å². The van der Waals surface area contributed by atoms with E-state index in [4.69, 9.17) is 0 Å². The van der Waals surface area contributed by atoms with Gasteiger partial charge >= 0.3 is 18.6 Å². The van der Waals surface area contributed by atoms with Crippen molar-refractivity contribution in [2.24, 2.45) is 5.14 Å². The summed E-state index contributed by atoms with van der Waals surface area (Å²) in [6, 6.07) is 0. The Bertz CT molecular complexity index is 118. The van der Waals surface area contributed by atoms with Crippen LogP contribution in [0.15, 0.2) is 0 Å². The van der Waals surface area contributed by atoms with E-state index >= 15 is 0 Å². The smallest absolute Gasteiger partial charge is 0.358 e. The minimum Gasteiger partial charge on any atom is -0.358 e. The first kappa shape index (κ1) is 29.5. The normalized spacial score (nSPS) is 6.91. The van der Waals surface area contributed by atoms with Gasteiger partial charge < -0.3 is 14.4 Å². The largest absolute Gasteiger partial charge is 2.00 e. The van der Waals surface area contributed by atoms with Crippen molar-refractivity contribution in [1.82, 2.24) is 0 Å². The predicted octanol–water partition coefficient (Wildman–Crippen LogP) is 0.742. The zero-order valence-corrected chi connectivity index (χ0v) is 11.9. The van der Waals surface area contributed by atoms with Crippen LogP contribution in [0.4, 0.5) is 0 Å². The van der Waals surface area contributed by atoms with E-state index in [1.165, 1.54) is 0 Å². The Labute approximate surface area is 96.7 Å². The third-order valence-corrected chi connectivity index (χ3v) is 0. The molecule has 0 spiro atoms. The van der Waals surface area contributed by atoms with Gasteiger partial charge in [-0.1, -0.05) is 6.92 Å². The summed E-state index contributed by atoms with van der Waals surface area (Å²) in [6.45, 7) is 5.50. The van der Waals surface area contributed by atoms with Gasteiger partial charge in [-0.25, -0.2) is 14.7 Å². The maximum atomic E-state index is 9.30. The summed E-state index contributed by atoms with van der Waals surface area (Å²) in [5.41, 5.74) is 0. The molecule has 0 atom stereocenters. The van der Waals surface area contributed by atoms with Crippen LogP contribution < -0.4 is 5.14 Å². The minimum atomic E-state index is -3.42. The minimum absolute atomic E-state index is 0. The third-order valence-electron chi connectivity index (χ3n) is 0. The molecule has 3 nitrogen and oxygen atoms in total. The third kappa shape index (κ3) is 674. The SMILES string of the molecule is [CH2-]CC.[CH2-]S(N)(=O)=O.[CH3-].[V+2].[W]. The molecule has 0 saturated heterocycles. The molecule has 0 aliphatic heterocycles. The molecule has 0 rings (SSSR count). The topological polar surface area (TPSA) is 60.2 Å². The van der Waals surface area contributed by atoms with E-state index in [1.54, 1.807) is 0 Å². The molecule has 0 aromatic carbocycles. The van der Waals surface area contributed by atoms with Gasteiger partial charge in [0.05, 0.1) is 10.0 Å². The summed E-state index contributed by atoms with van der Waals surface area (Å²) in [5, 5.41) is 4.22. The Balaban J connectivity index is -0.0000000183. The van der Waals surface area contributed by atoms with Crippen LogP contribution in [-0.2, 0) is 49.6 Å². The molecule has 0 unspecified atom stereocenters. The molecule has 0 aromatic rings. The van der Waals surface area contributed by atoms with Crippen LogP contribution in [0.3, 0.4) is 0 Å². The first-order valence-corrected chi connectivity index (χ1v) is 3.78. The van der Waals surface area contributed by atoms with Crippen molar-refractivity contribution in [3.63, 3.8) is 0 Å². The molecule has 0 saturated carbocycles. The molecule has 6 heteroatoms. The molecular weight excluding hydrogens is 373 g/mol. The van der Waals surface area contributed by atoms with Crippen LogP contribution in [-0.4, -0.2) is 8.42 Å². The van der Waals surface area contributed by atoms with E-state index in [2.05, 4.69) is 18.3 Å². The molecule has 0 bridgehead atoms. The Hall–Kier alpha value is 1.18. The van der Waals surface area contributed by atoms with E-state index in [9.17, 15) is 8.42 Å². The molecule has 69 valence electrons. The molecular formula is C5H14NO2SVW-. The number of nitrogens with two attached hydrogens (primary N) is 1. The average molecular weight is 387 g/mol. The van der Waals surface area contributed by atoms with Gasteiger partial charge in [0.25, 0.3) is 0 Å². The molecule has 0 aliphatic rings. The summed E-state index contributed by atoms with van der Waals surface area (Å²) >= 11 is 0. The van der Waals surface area contributed by atoms with Crippen LogP contribution in [0, 0.1) is 20.6 Å². The zero-order chi connectivity index (χ0) is 7.21. The van der Waals surface area contributed by atoms with Gasteiger partial charge in [0.1, 0.15) is 0 Å². The average Bonchev–Trinajstić information content (AvgIpc) is 1.27. The molecule has 0 aliphatic carbocycles. The zero-order valence-electron chi connectivity index (χ0n) is 6.78. The Morgan fingerprint density at radius 3 is 1.45 bits per heavy atom. The molecule has 11 heavy (non-hydrogen) atoms. The van der Waals surface area contributed by atoms with Crippen molar-refractivity contribution in [2.45, 2.75) is 13.3 Å². The number of hydrogen-bond donors (Lipinski definition) is 1. The van der Waals surface area contributed by atoms with Crippen molar-refractivity contribution >= 4 is 10.0 Å². The van der Waals surface area contributed by atoms with Crippen LogP contribution in [0.2, 0.25) is 0 Å². The van der Waals surface area contributed by atoms with Gasteiger partial charge in [0.15, 0.2) is 0 Å². The Kier molecular flexibility index (Phi) is 46.5. The summed E-state index contributed by atoms with van der Waals surface area (Å²) in [7, 11) is -3.42. The van der Waals surface area contributed by atoms with Crippen molar-refractivity contribution < 1.29 is 48.0 Å². The van der Waals surface area contributed by atoms with Crippen molar-refractivity contribution in [2.75, 3.05) is 0 Å². The molecule has 2 N–H and O–H groups in total. The fraction of sp³-hybridized carbons (Fsp3) is 0.400. The van der Waals surface area contributed by atoms with Crippen LogP contribution in [0.5, 0.6) is 0 Å². The first-order chi connectivity index (χ1) is 3.41. The van der Waals surface area contributed by atoms with E-state index in [1.807, 2.05) is 6.92 Å². The predicted molar refractivity (Wildman–Crippen MR) is 40.5 cm³/mol. The standard InChI is InChI=1S/C3H7.CH4NO2S.CH3.V.W/c1-3-2;1-5(2,3)4;;;/h1,3H2,2H3;1H2,(H2,2,3,4);1H3;;/q3*-1;+2;. The first-order valence-electron chi connectivity index (χ1n) is 2.06. The van der Waals surface area contributed by atoms with Crippen molar-refractivity contribution in [1.29, 1.82) is 0 Å². The van der Waals surface area contributed by atoms with Gasteiger partial charge in [0.2, 0.25) is 0 Å². The van der Waals surface area contributed by atoms with Gasteiger partial charge in [-0.15, -0.1) is 0 Å². The Morgan fingerprint density at radius 2 is 1.45 bits per heavy atom. The number of sulfonamides is 1. The summed E-state index contributed by atoms with van der Waals surface area (Å²) < 4.78 is 18.6. The second-order valence-electron chi connectivity index (χ2n) is 1.16. The monoisotopic (exact) mass is 387 g/mol. The molecule has 0 amide bonds. The molecule has 0 aromatic heterocycles. The Morgan fingerprint density at radius 1 is 1.45 bits per heavy atom. The maximum absolute atomic E-state index is 9.30. The second kappa shape index (κ2) is 17.3. The van der Waals surface area contributed by atoms with E-state index in [0.29, 0.717) is 0 Å². The van der Waals surface area contributed by atoms with Gasteiger partial charge in [-0.2, -0.15) is 6.42 Å². The van der Waals surface area contributed by atoms with Crippen LogP contribution in [0.1, 0.15) is 13.3 Å². The van der Waals surface area contributed by atoms with E-state index in [-0.39, 0.29) is 47.0 Å². The molecule has 1 radical (unpaired) electrons. The van der Waals surface area contributed by atoms with Crippen LogP contribution in [0.25, 0.3) is 0 Å². The van der Waals surface area contributed by atoms with Crippen LogP contribution >= 0.6 is 0 Å². The summed E-state index contributed by atoms with van der Waals surface area (Å²) in [4.78, 5) is 0. The fourth-order valence-corrected chi connectivity index (χ4v) is 0. The van der Waals surface area contributed by atoms with E-state index in [0.717, 1.165) is 6.42 Å². The van der Waals surface area contributed by atoms with E-state index < -0.39 is 10.0 Å². The quantitative estimate of drug-likeness (QED) is 0.624. The number of hydrogen-bond acceptors (Lipinski definition) is 2. The second-order valence-corrected chi connectivity index (χ2v) is 2.49. The number of rotatable bonds is 0. The van der Waals surface area contributed by atoms with Gasteiger partial charge in [-0.05, 0) is 0 Å². The van der Waals surface area contributed by atoms with Crippen molar-refractivity contribution in [3.05, 3.63) is 20.6 Å². The summed E-state index contributed by atoms with van der Waals surface area (Å²) in [6.07, 6.45) is 3.52. The fourth-order valence-electron chi connectivity index (χ4n) is 0. The molecule has 0 heterocycles. The summed E-state index contributed by atoms with van der Waals surface area (Å²) in [5.74, 6) is 0. The molecule has 0 fully saturated rings. The maximum Gasteiger partial charge on any atom is 2.00 e. The van der Waals surface area contributed by atoms with Crippen molar-refractivity contribution in [3.8, 4) is 0 Å². The van der Waals surface area contributed by atoms with Gasteiger partial charge in [0, 0.05) is 21.1 Å².